The number of amides is 1. The first-order valence-corrected chi connectivity index (χ1v) is 10.0. The van der Waals surface area contributed by atoms with Gasteiger partial charge in [0, 0.05) is 38.1 Å². The van der Waals surface area contributed by atoms with E-state index in [1.165, 1.54) is 12.7 Å². The molecule has 3 rings (SSSR count). The van der Waals surface area contributed by atoms with Crippen LogP contribution in [0.2, 0.25) is 0 Å². The van der Waals surface area contributed by atoms with Gasteiger partial charge in [-0.15, -0.1) is 0 Å². The minimum atomic E-state index is -0.499. The Hall–Kier alpha value is -2.08. The molecule has 1 amide bonds. The molecular formula is C22H32N2O4. The number of benzene rings is 1. The van der Waals surface area contributed by atoms with Gasteiger partial charge in [0.2, 0.25) is 0 Å². The van der Waals surface area contributed by atoms with Crippen LogP contribution in [0, 0.1) is 11.3 Å². The van der Waals surface area contributed by atoms with E-state index in [0.717, 1.165) is 25.9 Å². The van der Waals surface area contributed by atoms with E-state index < -0.39 is 5.60 Å². The second kappa shape index (κ2) is 8.11. The highest BCUT2D eigenvalue weighted by molar-refractivity contribution is 5.74. The number of likely N-dealkylation sites (tertiary alicyclic amines) is 2. The normalized spacial score (nSPS) is 22.3. The molecule has 0 radical (unpaired) electrons. The van der Waals surface area contributed by atoms with Crippen LogP contribution in [-0.2, 0) is 20.8 Å². The van der Waals surface area contributed by atoms with Crippen LogP contribution >= 0.6 is 0 Å². The Kier molecular flexibility index (Phi) is 5.98. The van der Waals surface area contributed by atoms with Crippen molar-refractivity contribution in [1.29, 1.82) is 0 Å². The number of carbonyl (C=O) groups excluding carboxylic acids is 2. The smallest absolute Gasteiger partial charge is 0.410 e. The van der Waals surface area contributed by atoms with Crippen LogP contribution in [0.25, 0.3) is 0 Å². The van der Waals surface area contributed by atoms with Gasteiger partial charge in [-0.05, 0) is 39.2 Å². The Labute approximate surface area is 167 Å². The van der Waals surface area contributed by atoms with Crippen molar-refractivity contribution in [3.05, 3.63) is 35.9 Å². The summed E-state index contributed by atoms with van der Waals surface area (Å²) in [4.78, 5) is 29.0. The molecule has 1 unspecified atom stereocenters. The highest BCUT2D eigenvalue weighted by Gasteiger charge is 2.52. The molecule has 1 atom stereocenters. The van der Waals surface area contributed by atoms with Gasteiger partial charge in [-0.2, -0.15) is 0 Å². The standard InChI is InChI=1S/C22H32N2O4/c1-21(2,3)28-20(26)24-12-10-22(11-13-24)16-23(15-18(22)19(25)27-4)14-17-8-6-5-7-9-17/h5-9,18H,10-16H2,1-4H3. The molecule has 1 spiro atoms. The Morgan fingerprint density at radius 2 is 1.79 bits per heavy atom. The van der Waals surface area contributed by atoms with Crippen LogP contribution in [0.5, 0.6) is 0 Å². The molecule has 154 valence electrons. The fraction of sp³-hybridized carbons (Fsp3) is 0.636. The van der Waals surface area contributed by atoms with Gasteiger partial charge in [-0.1, -0.05) is 30.3 Å². The zero-order chi connectivity index (χ0) is 20.4. The first kappa shape index (κ1) is 20.6. The number of esters is 1. The van der Waals surface area contributed by atoms with E-state index in [1.807, 2.05) is 39.0 Å². The molecule has 2 aliphatic rings. The van der Waals surface area contributed by atoms with E-state index in [9.17, 15) is 9.59 Å². The van der Waals surface area contributed by atoms with Gasteiger partial charge >= 0.3 is 12.1 Å². The maximum Gasteiger partial charge on any atom is 0.410 e. The van der Waals surface area contributed by atoms with Gasteiger partial charge in [-0.3, -0.25) is 9.69 Å². The van der Waals surface area contributed by atoms with Crippen molar-refractivity contribution in [2.24, 2.45) is 11.3 Å². The summed E-state index contributed by atoms with van der Waals surface area (Å²) in [6.07, 6.45) is 1.31. The van der Waals surface area contributed by atoms with E-state index >= 15 is 0 Å². The number of hydrogen-bond donors (Lipinski definition) is 0. The third-order valence-corrected chi connectivity index (χ3v) is 5.86. The average Bonchev–Trinajstić information content (AvgIpc) is 2.98. The summed E-state index contributed by atoms with van der Waals surface area (Å²) in [5.41, 5.74) is 0.607. The van der Waals surface area contributed by atoms with Gasteiger partial charge < -0.3 is 14.4 Å². The van der Waals surface area contributed by atoms with Crippen molar-refractivity contribution in [3.8, 4) is 0 Å². The molecule has 0 saturated carbocycles. The van der Waals surface area contributed by atoms with Crippen molar-refractivity contribution in [2.75, 3.05) is 33.3 Å². The summed E-state index contributed by atoms with van der Waals surface area (Å²) in [7, 11) is 1.46. The highest BCUT2D eigenvalue weighted by Crippen LogP contribution is 2.45. The van der Waals surface area contributed by atoms with E-state index in [0.29, 0.717) is 19.6 Å². The lowest BCUT2D eigenvalue weighted by molar-refractivity contribution is -0.149. The molecule has 0 aliphatic carbocycles. The SMILES string of the molecule is COC(=O)C1CN(Cc2ccccc2)CC12CCN(C(=O)OC(C)(C)C)CC2. The Morgan fingerprint density at radius 3 is 2.36 bits per heavy atom. The minimum absolute atomic E-state index is 0.138. The van der Waals surface area contributed by atoms with Crippen LogP contribution in [0.4, 0.5) is 4.79 Å². The summed E-state index contributed by atoms with van der Waals surface area (Å²) in [6.45, 7) is 9.24. The maximum atomic E-state index is 12.5. The summed E-state index contributed by atoms with van der Waals surface area (Å²) < 4.78 is 10.6. The molecule has 0 aromatic heterocycles. The van der Waals surface area contributed by atoms with Gasteiger partial charge in [0.15, 0.2) is 0 Å². The van der Waals surface area contributed by atoms with Gasteiger partial charge in [0.1, 0.15) is 5.60 Å². The fourth-order valence-electron chi connectivity index (χ4n) is 4.47. The van der Waals surface area contributed by atoms with Crippen molar-refractivity contribution < 1.29 is 19.1 Å². The fourth-order valence-corrected chi connectivity index (χ4v) is 4.47. The number of carbonyl (C=O) groups is 2. The zero-order valence-corrected chi connectivity index (χ0v) is 17.4. The van der Waals surface area contributed by atoms with E-state index in [4.69, 9.17) is 9.47 Å². The molecule has 0 N–H and O–H groups in total. The van der Waals surface area contributed by atoms with Crippen molar-refractivity contribution in [2.45, 2.75) is 45.8 Å². The molecule has 6 nitrogen and oxygen atoms in total. The Bertz CT molecular complexity index is 690. The number of nitrogens with zero attached hydrogens (tertiary/aromatic N) is 2. The molecule has 28 heavy (non-hydrogen) atoms. The lowest BCUT2D eigenvalue weighted by atomic mass is 9.71. The summed E-state index contributed by atoms with van der Waals surface area (Å²) >= 11 is 0. The molecule has 2 saturated heterocycles. The van der Waals surface area contributed by atoms with Gasteiger partial charge in [0.25, 0.3) is 0 Å². The van der Waals surface area contributed by atoms with Crippen molar-refractivity contribution in [3.63, 3.8) is 0 Å². The Balaban J connectivity index is 1.68. The number of methoxy groups -OCH3 is 1. The first-order chi connectivity index (χ1) is 13.2. The van der Waals surface area contributed by atoms with Crippen LogP contribution in [0.15, 0.2) is 30.3 Å². The van der Waals surface area contributed by atoms with Crippen LogP contribution in [0.3, 0.4) is 0 Å². The molecule has 2 fully saturated rings. The second-order valence-electron chi connectivity index (χ2n) is 9.06. The summed E-state index contributed by atoms with van der Waals surface area (Å²) in [6, 6.07) is 10.3. The maximum absolute atomic E-state index is 12.5. The van der Waals surface area contributed by atoms with Crippen LogP contribution in [0.1, 0.15) is 39.2 Å². The first-order valence-electron chi connectivity index (χ1n) is 10.0. The minimum Gasteiger partial charge on any atom is -0.469 e. The molecule has 6 heteroatoms. The quantitative estimate of drug-likeness (QED) is 0.744. The number of hydrogen-bond acceptors (Lipinski definition) is 5. The predicted molar refractivity (Wildman–Crippen MR) is 107 cm³/mol. The molecule has 0 bridgehead atoms. The molecule has 1 aromatic rings. The lowest BCUT2D eigenvalue weighted by Gasteiger charge is -2.41. The van der Waals surface area contributed by atoms with Gasteiger partial charge in [-0.25, -0.2) is 4.79 Å². The van der Waals surface area contributed by atoms with Crippen molar-refractivity contribution >= 4 is 12.1 Å². The number of ether oxygens (including phenoxy) is 2. The summed E-state index contributed by atoms with van der Waals surface area (Å²) in [5, 5.41) is 0. The molecular weight excluding hydrogens is 356 g/mol. The van der Waals surface area contributed by atoms with E-state index in [1.54, 1.807) is 4.90 Å². The third kappa shape index (κ3) is 4.66. The van der Waals surface area contributed by atoms with Crippen molar-refractivity contribution in [1.82, 2.24) is 9.80 Å². The topological polar surface area (TPSA) is 59.1 Å². The third-order valence-electron chi connectivity index (χ3n) is 5.86. The second-order valence-corrected chi connectivity index (χ2v) is 9.06. The summed E-state index contributed by atoms with van der Waals surface area (Å²) in [5.74, 6) is -0.289. The van der Waals surface area contributed by atoms with E-state index in [2.05, 4.69) is 17.0 Å². The van der Waals surface area contributed by atoms with Crippen LogP contribution in [-0.4, -0.2) is 60.8 Å². The predicted octanol–water partition coefficient (Wildman–Crippen LogP) is 3.31. The largest absolute Gasteiger partial charge is 0.469 e. The number of rotatable bonds is 3. The Morgan fingerprint density at radius 1 is 1.14 bits per heavy atom. The molecule has 2 heterocycles. The zero-order valence-electron chi connectivity index (χ0n) is 17.4. The average molecular weight is 389 g/mol. The van der Waals surface area contributed by atoms with E-state index in [-0.39, 0.29) is 23.4 Å². The molecule has 1 aromatic carbocycles. The number of piperidine rings is 1. The van der Waals surface area contributed by atoms with Gasteiger partial charge in [0.05, 0.1) is 13.0 Å². The lowest BCUT2D eigenvalue weighted by Crippen LogP contribution is -2.49. The highest BCUT2D eigenvalue weighted by atomic mass is 16.6. The monoisotopic (exact) mass is 388 g/mol. The molecule has 2 aliphatic heterocycles. The van der Waals surface area contributed by atoms with Crippen LogP contribution < -0.4 is 0 Å².